The third-order valence-electron chi connectivity index (χ3n) is 7.53. The Hall–Kier alpha value is -2.32. The van der Waals surface area contributed by atoms with Gasteiger partial charge in [-0.15, -0.1) is 0 Å². The number of aromatic nitrogens is 1. The van der Waals surface area contributed by atoms with E-state index in [-0.39, 0.29) is 6.10 Å². The van der Waals surface area contributed by atoms with Crippen molar-refractivity contribution in [1.82, 2.24) is 4.98 Å². The minimum Gasteiger partial charge on any atom is -0.444 e. The number of hydrogen-bond acceptors (Lipinski definition) is 6. The molecule has 1 aromatic heterocycles. The minimum atomic E-state index is -0.707. The van der Waals surface area contributed by atoms with Crippen LogP contribution in [0.2, 0.25) is 0 Å². The summed E-state index contributed by atoms with van der Waals surface area (Å²) in [5.41, 5.74) is 10.2. The number of nitrogens with zero attached hydrogens (tertiary/aromatic N) is 2. The first-order valence-electron chi connectivity index (χ1n) is 11.7. The first-order valence-corrected chi connectivity index (χ1v) is 11.7. The van der Waals surface area contributed by atoms with Gasteiger partial charge < -0.3 is 24.7 Å². The second-order valence-electron chi connectivity index (χ2n) is 10.3. The summed E-state index contributed by atoms with van der Waals surface area (Å²) in [4.78, 5) is 18.7. The summed E-state index contributed by atoms with van der Waals surface area (Å²) < 4.78 is 17.9. The number of fused-ring (bicyclic) bond motifs is 2. The second-order valence-corrected chi connectivity index (χ2v) is 10.3. The smallest absolute Gasteiger partial charge is 0.444 e. The van der Waals surface area contributed by atoms with Gasteiger partial charge in [0.1, 0.15) is 6.10 Å². The zero-order chi connectivity index (χ0) is 22.7. The van der Waals surface area contributed by atoms with Gasteiger partial charge in [-0.1, -0.05) is 12.1 Å². The number of ether oxygens (including phenoxy) is 1. The fourth-order valence-corrected chi connectivity index (χ4v) is 5.10. The number of carbonyl (C=O) groups excluding carboxylic acids is 1. The van der Waals surface area contributed by atoms with E-state index in [4.69, 9.17) is 24.8 Å². The van der Waals surface area contributed by atoms with Gasteiger partial charge in [0.05, 0.1) is 29.0 Å². The van der Waals surface area contributed by atoms with E-state index in [1.807, 2.05) is 0 Å². The predicted molar refractivity (Wildman–Crippen MR) is 125 cm³/mol. The van der Waals surface area contributed by atoms with Crippen molar-refractivity contribution in [3.05, 3.63) is 29.5 Å². The Morgan fingerprint density at radius 1 is 1.19 bits per heavy atom. The number of primary amides is 1. The maximum absolute atomic E-state index is 11.3. The Morgan fingerprint density at radius 2 is 1.91 bits per heavy atom. The topological polar surface area (TPSA) is 86.9 Å². The van der Waals surface area contributed by atoms with E-state index in [0.717, 1.165) is 42.2 Å². The first kappa shape index (κ1) is 21.5. The Labute approximate surface area is 189 Å². The van der Waals surface area contributed by atoms with Crippen LogP contribution >= 0.6 is 0 Å². The Kier molecular flexibility index (Phi) is 5.13. The van der Waals surface area contributed by atoms with Crippen molar-refractivity contribution in [2.75, 3.05) is 18.0 Å². The summed E-state index contributed by atoms with van der Waals surface area (Å²) in [5.74, 6) is 0. The molecule has 3 aliphatic rings. The van der Waals surface area contributed by atoms with Crippen LogP contribution in [0.3, 0.4) is 0 Å². The van der Waals surface area contributed by atoms with Gasteiger partial charge in [0.25, 0.3) is 0 Å². The molecule has 1 aromatic carbocycles. The summed E-state index contributed by atoms with van der Waals surface area (Å²) in [6.45, 7) is 9.75. The third kappa shape index (κ3) is 3.63. The van der Waals surface area contributed by atoms with E-state index in [1.54, 1.807) is 0 Å². The number of carbonyl (C=O) groups is 1. The van der Waals surface area contributed by atoms with E-state index in [1.165, 1.54) is 29.8 Å². The summed E-state index contributed by atoms with van der Waals surface area (Å²) in [6.07, 6.45) is 4.25. The molecule has 0 radical (unpaired) electrons. The molecule has 1 atom stereocenters. The number of benzene rings is 1. The van der Waals surface area contributed by atoms with Crippen LogP contribution in [-0.4, -0.2) is 48.6 Å². The van der Waals surface area contributed by atoms with Gasteiger partial charge in [-0.05, 0) is 70.5 Å². The van der Waals surface area contributed by atoms with Gasteiger partial charge in [-0.25, -0.2) is 4.79 Å². The molecule has 2 fully saturated rings. The minimum absolute atomic E-state index is 0.179. The monoisotopic (exact) mass is 437 g/mol. The number of hydrogen-bond donors (Lipinski definition) is 1. The zero-order valence-corrected chi connectivity index (χ0v) is 19.4. The molecule has 2 aliphatic heterocycles. The highest BCUT2D eigenvalue weighted by Gasteiger charge is 2.51. The maximum atomic E-state index is 11.3. The predicted octanol–water partition coefficient (Wildman–Crippen LogP) is 3.09. The quantitative estimate of drug-likeness (QED) is 0.743. The summed E-state index contributed by atoms with van der Waals surface area (Å²) in [6, 6.07) is 6.33. The third-order valence-corrected chi connectivity index (χ3v) is 7.53. The largest absolute Gasteiger partial charge is 0.494 e. The molecular formula is C24H32BN3O4. The van der Waals surface area contributed by atoms with Crippen LogP contribution in [-0.2, 0) is 26.9 Å². The van der Waals surface area contributed by atoms with Gasteiger partial charge in [0.15, 0.2) is 0 Å². The average Bonchev–Trinajstić information content (AvgIpc) is 3.26. The Balaban J connectivity index is 1.58. The molecule has 1 aliphatic carbocycles. The lowest BCUT2D eigenvalue weighted by Crippen LogP contribution is -2.41. The molecule has 0 bridgehead atoms. The van der Waals surface area contributed by atoms with E-state index in [2.05, 4.69) is 50.8 Å². The van der Waals surface area contributed by atoms with Crippen LogP contribution in [0.1, 0.15) is 58.2 Å². The molecule has 32 heavy (non-hydrogen) atoms. The van der Waals surface area contributed by atoms with E-state index < -0.39 is 24.4 Å². The van der Waals surface area contributed by atoms with Crippen molar-refractivity contribution in [3.8, 4) is 0 Å². The van der Waals surface area contributed by atoms with Crippen molar-refractivity contribution in [2.24, 2.45) is 5.73 Å². The lowest BCUT2D eigenvalue weighted by atomic mass is 9.78. The van der Waals surface area contributed by atoms with Crippen molar-refractivity contribution < 1.29 is 18.8 Å². The van der Waals surface area contributed by atoms with Gasteiger partial charge in [-0.3, -0.25) is 4.98 Å². The normalized spacial score (nSPS) is 24.1. The summed E-state index contributed by atoms with van der Waals surface area (Å²) in [7, 11) is -0.419. The number of rotatable bonds is 3. The molecule has 8 heteroatoms. The van der Waals surface area contributed by atoms with Crippen LogP contribution < -0.4 is 16.1 Å². The standard InChI is InChI=1S/C24H32BN3O4/c1-23(2)24(3,4)32-25(31-23)15-9-10-20-18(13-15)21(17-7-5-6-8-19(17)27-20)28-12-11-16(14-28)30-22(26)29/h9-10,13,16H,5-8,11-12,14H2,1-4H3,(H2,26,29). The molecule has 7 nitrogen and oxygen atoms in total. The van der Waals surface area contributed by atoms with Crippen LogP contribution in [0.15, 0.2) is 18.2 Å². The SMILES string of the molecule is CC1(C)OB(c2ccc3nc4c(c(N5CCC(OC(N)=O)C5)c3c2)CCCC4)OC1(C)C. The highest BCUT2D eigenvalue weighted by molar-refractivity contribution is 6.62. The molecule has 1 unspecified atom stereocenters. The zero-order valence-electron chi connectivity index (χ0n) is 19.4. The van der Waals surface area contributed by atoms with Crippen LogP contribution in [0, 0.1) is 0 Å². The van der Waals surface area contributed by atoms with Crippen molar-refractivity contribution in [3.63, 3.8) is 0 Å². The Bertz CT molecular complexity index is 1050. The van der Waals surface area contributed by atoms with Gasteiger partial charge in [0, 0.05) is 24.0 Å². The molecule has 3 heterocycles. The van der Waals surface area contributed by atoms with E-state index in [0.29, 0.717) is 6.54 Å². The molecule has 2 N–H and O–H groups in total. The summed E-state index contributed by atoms with van der Waals surface area (Å²) in [5, 5.41) is 1.11. The number of pyridine rings is 1. The Morgan fingerprint density at radius 3 is 2.62 bits per heavy atom. The molecule has 0 spiro atoms. The molecule has 170 valence electrons. The number of amides is 1. The lowest BCUT2D eigenvalue weighted by molar-refractivity contribution is 0.00578. The fraction of sp³-hybridized carbons (Fsp3) is 0.583. The second kappa shape index (κ2) is 7.63. The molecular weight excluding hydrogens is 405 g/mol. The average molecular weight is 437 g/mol. The van der Waals surface area contributed by atoms with Crippen LogP contribution in [0.4, 0.5) is 10.5 Å². The van der Waals surface area contributed by atoms with Crippen molar-refractivity contribution in [2.45, 2.75) is 77.1 Å². The van der Waals surface area contributed by atoms with Gasteiger partial charge in [0.2, 0.25) is 0 Å². The van der Waals surface area contributed by atoms with Crippen LogP contribution in [0.5, 0.6) is 0 Å². The van der Waals surface area contributed by atoms with Crippen LogP contribution in [0.25, 0.3) is 10.9 Å². The van der Waals surface area contributed by atoms with Gasteiger partial charge in [-0.2, -0.15) is 0 Å². The number of anilines is 1. The molecule has 2 saturated heterocycles. The number of aryl methyl sites for hydroxylation is 1. The van der Waals surface area contributed by atoms with Gasteiger partial charge >= 0.3 is 13.2 Å². The number of nitrogens with two attached hydrogens (primary N) is 1. The molecule has 5 rings (SSSR count). The summed E-state index contributed by atoms with van der Waals surface area (Å²) >= 11 is 0. The first-order chi connectivity index (χ1) is 15.1. The molecule has 2 aromatic rings. The van der Waals surface area contributed by atoms with Crippen molar-refractivity contribution in [1.29, 1.82) is 0 Å². The molecule has 0 saturated carbocycles. The highest BCUT2D eigenvalue weighted by atomic mass is 16.7. The maximum Gasteiger partial charge on any atom is 0.494 e. The molecule has 1 amide bonds. The highest BCUT2D eigenvalue weighted by Crippen LogP contribution is 2.39. The fourth-order valence-electron chi connectivity index (χ4n) is 5.10. The van der Waals surface area contributed by atoms with E-state index >= 15 is 0 Å². The van der Waals surface area contributed by atoms with Crippen molar-refractivity contribution >= 4 is 35.3 Å². The lowest BCUT2D eigenvalue weighted by Gasteiger charge is -2.32. The van der Waals surface area contributed by atoms with E-state index in [9.17, 15) is 4.79 Å².